The maximum absolute atomic E-state index is 12.2. The van der Waals surface area contributed by atoms with Crippen molar-refractivity contribution in [1.29, 1.82) is 0 Å². The zero-order valence-corrected chi connectivity index (χ0v) is 17.4. The molecule has 0 aliphatic carbocycles. The Kier molecular flexibility index (Phi) is 6.97. The van der Waals surface area contributed by atoms with Gasteiger partial charge >= 0.3 is 0 Å². The van der Waals surface area contributed by atoms with E-state index >= 15 is 0 Å². The van der Waals surface area contributed by atoms with Gasteiger partial charge in [0.1, 0.15) is 0 Å². The summed E-state index contributed by atoms with van der Waals surface area (Å²) < 4.78 is 12.9. The van der Waals surface area contributed by atoms with Crippen LogP contribution in [-0.2, 0) is 11.8 Å². The van der Waals surface area contributed by atoms with E-state index in [0.29, 0.717) is 17.2 Å². The lowest BCUT2D eigenvalue weighted by molar-refractivity contribution is -0.118. The molecule has 0 spiro atoms. The maximum Gasteiger partial charge on any atom is 0.262 e. The minimum Gasteiger partial charge on any atom is -0.493 e. The molecule has 1 N–H and O–H groups in total. The summed E-state index contributed by atoms with van der Waals surface area (Å²) in [4.78, 5) is 17.6. The zero-order chi connectivity index (χ0) is 20.6. The number of rotatable bonds is 8. The van der Waals surface area contributed by atoms with Gasteiger partial charge in [-0.25, -0.2) is 4.98 Å². The van der Waals surface area contributed by atoms with E-state index in [1.54, 1.807) is 31.1 Å². The third-order valence-electron chi connectivity index (χ3n) is 4.03. The Hall–Kier alpha value is -3.19. The summed E-state index contributed by atoms with van der Waals surface area (Å²) >= 11 is 1.56. The highest BCUT2D eigenvalue weighted by molar-refractivity contribution is 7.99. The molecule has 0 bridgehead atoms. The molecule has 0 aliphatic rings. The average molecular weight is 410 g/mol. The number of hydrogen-bond acceptors (Lipinski definition) is 5. The van der Waals surface area contributed by atoms with Crippen LogP contribution in [0.5, 0.6) is 11.5 Å². The number of carbonyl (C=O) groups excluding carboxylic acids is 1. The molecule has 3 rings (SSSR count). The second kappa shape index (κ2) is 9.84. The smallest absolute Gasteiger partial charge is 0.262 e. The molecule has 150 valence electrons. The first-order chi connectivity index (χ1) is 14.1. The second-order valence-corrected chi connectivity index (χ2v) is 7.23. The van der Waals surface area contributed by atoms with Crippen LogP contribution in [0, 0.1) is 0 Å². The summed E-state index contributed by atoms with van der Waals surface area (Å²) in [6.07, 6.45) is 7.58. The van der Waals surface area contributed by atoms with Gasteiger partial charge in [-0.3, -0.25) is 4.79 Å². The Labute approximate surface area is 174 Å². The first-order valence-corrected chi connectivity index (χ1v) is 9.89. The number of allylic oxidation sites excluding steroid dienone is 1. The van der Waals surface area contributed by atoms with Crippen LogP contribution < -0.4 is 14.8 Å². The fraction of sp³-hybridized carbons (Fsp3) is 0.182. The topological polar surface area (TPSA) is 65.4 Å². The van der Waals surface area contributed by atoms with Crippen LogP contribution in [0.4, 0.5) is 5.69 Å². The van der Waals surface area contributed by atoms with Gasteiger partial charge in [-0.05, 0) is 48.9 Å². The molecule has 0 fully saturated rings. The van der Waals surface area contributed by atoms with Crippen molar-refractivity contribution in [3.05, 3.63) is 66.5 Å². The van der Waals surface area contributed by atoms with Crippen molar-refractivity contribution in [3.63, 3.8) is 0 Å². The lowest BCUT2D eigenvalue weighted by Crippen LogP contribution is -2.20. The summed E-state index contributed by atoms with van der Waals surface area (Å²) in [5.74, 6) is 0.871. The van der Waals surface area contributed by atoms with Gasteiger partial charge < -0.3 is 19.4 Å². The van der Waals surface area contributed by atoms with Crippen molar-refractivity contribution in [2.24, 2.45) is 7.05 Å². The molecule has 0 aliphatic heterocycles. The van der Waals surface area contributed by atoms with Gasteiger partial charge in [-0.15, -0.1) is 0 Å². The minimum absolute atomic E-state index is 0.108. The van der Waals surface area contributed by atoms with Crippen molar-refractivity contribution in [2.45, 2.75) is 17.0 Å². The molecule has 7 heteroatoms. The summed E-state index contributed by atoms with van der Waals surface area (Å²) in [6, 6.07) is 13.2. The number of amides is 1. The van der Waals surface area contributed by atoms with E-state index in [2.05, 4.69) is 10.3 Å². The number of methoxy groups -OCH3 is 1. The molecule has 0 saturated heterocycles. The van der Waals surface area contributed by atoms with Crippen molar-refractivity contribution < 1.29 is 14.3 Å². The highest BCUT2D eigenvalue weighted by atomic mass is 32.2. The number of nitrogens with zero attached hydrogens (tertiary/aromatic N) is 2. The maximum atomic E-state index is 12.2. The highest BCUT2D eigenvalue weighted by Crippen LogP contribution is 2.29. The van der Waals surface area contributed by atoms with Crippen LogP contribution in [0.2, 0.25) is 0 Å². The molecular weight excluding hydrogens is 386 g/mol. The number of hydrogen-bond donors (Lipinski definition) is 1. The summed E-state index contributed by atoms with van der Waals surface area (Å²) in [6.45, 7) is 1.84. The van der Waals surface area contributed by atoms with Gasteiger partial charge in [0, 0.05) is 30.0 Å². The second-order valence-electron chi connectivity index (χ2n) is 6.19. The minimum atomic E-state index is -0.242. The number of ether oxygens (including phenoxy) is 2. The number of benzene rings is 2. The number of aryl methyl sites for hydroxylation is 1. The molecule has 6 nitrogen and oxygen atoms in total. The molecule has 0 saturated carbocycles. The van der Waals surface area contributed by atoms with Crippen LogP contribution in [0.1, 0.15) is 12.5 Å². The van der Waals surface area contributed by atoms with E-state index in [1.165, 1.54) is 0 Å². The number of imidazole rings is 1. The average Bonchev–Trinajstić information content (AvgIpc) is 3.13. The van der Waals surface area contributed by atoms with Crippen molar-refractivity contribution in [1.82, 2.24) is 9.55 Å². The third-order valence-corrected chi connectivity index (χ3v) is 5.11. The van der Waals surface area contributed by atoms with Crippen LogP contribution in [0.15, 0.2) is 71.0 Å². The predicted molar refractivity (Wildman–Crippen MR) is 116 cm³/mol. The fourth-order valence-electron chi connectivity index (χ4n) is 2.60. The Balaban J connectivity index is 1.55. The largest absolute Gasteiger partial charge is 0.493 e. The molecule has 0 atom stereocenters. The molecule has 1 amide bonds. The molecule has 3 aromatic rings. The van der Waals surface area contributed by atoms with Crippen LogP contribution in [0.25, 0.3) is 6.08 Å². The Morgan fingerprint density at radius 2 is 2.00 bits per heavy atom. The molecule has 29 heavy (non-hydrogen) atoms. The van der Waals surface area contributed by atoms with Gasteiger partial charge in [-0.1, -0.05) is 30.0 Å². The van der Waals surface area contributed by atoms with E-state index in [-0.39, 0.29) is 12.5 Å². The van der Waals surface area contributed by atoms with Crippen LogP contribution >= 0.6 is 11.8 Å². The van der Waals surface area contributed by atoms with Crippen molar-refractivity contribution >= 4 is 29.4 Å². The number of nitrogens with one attached hydrogen (secondary N) is 1. The number of aromatic nitrogens is 2. The molecule has 0 radical (unpaired) electrons. The normalized spacial score (nSPS) is 10.9. The number of anilines is 1. The Bertz CT molecular complexity index is 997. The lowest BCUT2D eigenvalue weighted by Gasteiger charge is -2.12. The SMILES string of the molecule is CC=Cc1ccc(OCC(=O)Nc2ccc(Sc3nccn3C)cc2)c(OC)c1. The first-order valence-electron chi connectivity index (χ1n) is 9.07. The predicted octanol–water partition coefficient (Wildman–Crippen LogP) is 4.63. The Morgan fingerprint density at radius 3 is 2.66 bits per heavy atom. The van der Waals surface area contributed by atoms with E-state index in [4.69, 9.17) is 9.47 Å². The molecular formula is C22H23N3O3S. The van der Waals surface area contributed by atoms with Crippen molar-refractivity contribution in [2.75, 3.05) is 19.0 Å². The molecule has 2 aromatic carbocycles. The monoisotopic (exact) mass is 409 g/mol. The van der Waals surface area contributed by atoms with Gasteiger partial charge in [0.15, 0.2) is 23.3 Å². The molecule has 1 aromatic heterocycles. The quantitative estimate of drug-likeness (QED) is 0.588. The highest BCUT2D eigenvalue weighted by Gasteiger charge is 2.09. The van der Waals surface area contributed by atoms with E-state index in [1.807, 2.05) is 73.3 Å². The van der Waals surface area contributed by atoms with Crippen LogP contribution in [-0.4, -0.2) is 29.2 Å². The number of carbonyl (C=O) groups is 1. The van der Waals surface area contributed by atoms with Gasteiger partial charge in [0.2, 0.25) is 0 Å². The fourth-order valence-corrected chi connectivity index (χ4v) is 3.40. The first kappa shape index (κ1) is 20.5. The van der Waals surface area contributed by atoms with Crippen LogP contribution in [0.3, 0.4) is 0 Å². The Morgan fingerprint density at radius 1 is 1.21 bits per heavy atom. The lowest BCUT2D eigenvalue weighted by atomic mass is 10.2. The van der Waals surface area contributed by atoms with E-state index in [0.717, 1.165) is 15.6 Å². The standard InChI is InChI=1S/C22H23N3O3S/c1-4-5-16-6-11-19(20(14-16)27-3)28-15-21(26)24-17-7-9-18(10-8-17)29-22-23-12-13-25(22)2/h4-14H,15H2,1-3H3,(H,24,26). The molecule has 0 unspecified atom stereocenters. The molecule has 1 heterocycles. The van der Waals surface area contributed by atoms with Gasteiger partial charge in [-0.2, -0.15) is 0 Å². The van der Waals surface area contributed by atoms with E-state index in [9.17, 15) is 4.79 Å². The van der Waals surface area contributed by atoms with Gasteiger partial charge in [0.25, 0.3) is 5.91 Å². The summed E-state index contributed by atoms with van der Waals surface area (Å²) in [5, 5.41) is 3.74. The third kappa shape index (κ3) is 5.65. The summed E-state index contributed by atoms with van der Waals surface area (Å²) in [7, 11) is 3.53. The van der Waals surface area contributed by atoms with E-state index < -0.39 is 0 Å². The van der Waals surface area contributed by atoms with Gasteiger partial charge in [0.05, 0.1) is 7.11 Å². The van der Waals surface area contributed by atoms with Crippen molar-refractivity contribution in [3.8, 4) is 11.5 Å². The zero-order valence-electron chi connectivity index (χ0n) is 16.6. The summed E-state index contributed by atoms with van der Waals surface area (Å²) in [5.41, 5.74) is 1.71.